The Morgan fingerprint density at radius 2 is 1.27 bits per heavy atom. The van der Waals surface area contributed by atoms with E-state index >= 15 is 0 Å². The van der Waals surface area contributed by atoms with Crippen LogP contribution in [0.15, 0.2) is 29.2 Å². The van der Waals surface area contributed by atoms with Crippen LogP contribution in [-0.4, -0.2) is 5.51 Å². The van der Waals surface area contributed by atoms with Crippen molar-refractivity contribution in [2.45, 2.75) is 16.6 Å². The molecule has 7 heteroatoms. The first-order chi connectivity index (χ1) is 6.68. The highest BCUT2D eigenvalue weighted by Gasteiger charge is 2.32. The molecule has 0 radical (unpaired) electrons. The number of thioether (sulfide) groups is 1. The van der Waals surface area contributed by atoms with Crippen LogP contribution in [-0.2, 0) is 6.18 Å². The van der Waals surface area contributed by atoms with Crippen molar-refractivity contribution in [1.82, 2.24) is 0 Å². The van der Waals surface area contributed by atoms with E-state index in [9.17, 15) is 26.3 Å². The van der Waals surface area contributed by atoms with Gasteiger partial charge in [0.05, 0.1) is 5.56 Å². The molecule has 1 aromatic rings. The topological polar surface area (TPSA) is 0 Å². The maximum atomic E-state index is 12.0. The Bertz CT molecular complexity index is 322. The molecule has 0 aliphatic rings. The number of alkyl halides is 6. The molecule has 0 aliphatic carbocycles. The molecule has 0 atom stereocenters. The van der Waals surface area contributed by atoms with Gasteiger partial charge in [-0.25, -0.2) is 0 Å². The average Bonchev–Trinajstić information content (AvgIpc) is 2.00. The Kier molecular flexibility index (Phi) is 3.22. The summed E-state index contributed by atoms with van der Waals surface area (Å²) in [6.45, 7) is 0. The Hall–Kier alpha value is -0.850. The summed E-state index contributed by atoms with van der Waals surface area (Å²) >= 11 is -0.447. The van der Waals surface area contributed by atoms with E-state index in [-0.39, 0.29) is 4.90 Å². The maximum absolute atomic E-state index is 12.0. The molecule has 0 aromatic heterocycles. The number of hydrogen-bond acceptors (Lipinski definition) is 1. The summed E-state index contributed by atoms with van der Waals surface area (Å²) in [6, 6.07) is 2.82. The third-order valence-electron chi connectivity index (χ3n) is 1.42. The molecule has 0 heterocycles. The summed E-state index contributed by atoms with van der Waals surface area (Å²) in [5, 5.41) is 0. The van der Waals surface area contributed by atoms with Crippen LogP contribution in [0, 0.1) is 0 Å². The van der Waals surface area contributed by atoms with E-state index in [4.69, 9.17) is 0 Å². The lowest BCUT2D eigenvalue weighted by Gasteiger charge is -2.08. The lowest BCUT2D eigenvalue weighted by Crippen LogP contribution is -2.04. The molecule has 15 heavy (non-hydrogen) atoms. The van der Waals surface area contributed by atoms with Gasteiger partial charge in [-0.05, 0) is 36.0 Å². The van der Waals surface area contributed by atoms with Gasteiger partial charge in [0.2, 0.25) is 0 Å². The van der Waals surface area contributed by atoms with Crippen LogP contribution >= 0.6 is 11.8 Å². The highest BCUT2D eigenvalue weighted by atomic mass is 32.2. The molecule has 0 amide bonds. The predicted molar refractivity (Wildman–Crippen MR) is 43.4 cm³/mol. The summed E-state index contributed by atoms with van der Waals surface area (Å²) in [5.41, 5.74) is -5.45. The van der Waals surface area contributed by atoms with Crippen LogP contribution in [0.25, 0.3) is 0 Å². The molecule has 0 saturated heterocycles. The summed E-state index contributed by atoms with van der Waals surface area (Å²) in [6.07, 6.45) is -4.53. The summed E-state index contributed by atoms with van der Waals surface area (Å²) in [7, 11) is 0. The molecule has 0 saturated carbocycles. The second-order valence-electron chi connectivity index (χ2n) is 2.57. The molecular formula is C8H4F6S. The molecule has 84 valence electrons. The first-order valence-electron chi connectivity index (χ1n) is 3.61. The van der Waals surface area contributed by atoms with Crippen LogP contribution in [0.1, 0.15) is 5.56 Å². The normalized spacial score (nSPS) is 12.9. The van der Waals surface area contributed by atoms with Gasteiger partial charge in [0.25, 0.3) is 0 Å². The minimum Gasteiger partial charge on any atom is -0.166 e. The van der Waals surface area contributed by atoms with Crippen molar-refractivity contribution in [2.24, 2.45) is 0 Å². The third kappa shape index (κ3) is 4.03. The van der Waals surface area contributed by atoms with Crippen LogP contribution in [0.2, 0.25) is 0 Å². The van der Waals surface area contributed by atoms with Gasteiger partial charge < -0.3 is 0 Å². The fourth-order valence-electron chi connectivity index (χ4n) is 0.846. The first kappa shape index (κ1) is 12.2. The second-order valence-corrected chi connectivity index (χ2v) is 3.71. The van der Waals surface area contributed by atoms with Crippen molar-refractivity contribution in [3.8, 4) is 0 Å². The number of halogens is 6. The van der Waals surface area contributed by atoms with E-state index in [1.807, 2.05) is 0 Å². The van der Waals surface area contributed by atoms with Crippen molar-refractivity contribution >= 4 is 11.8 Å². The van der Waals surface area contributed by atoms with Gasteiger partial charge in [0, 0.05) is 4.90 Å². The highest BCUT2D eigenvalue weighted by Crippen LogP contribution is 2.38. The van der Waals surface area contributed by atoms with Crippen molar-refractivity contribution in [1.29, 1.82) is 0 Å². The number of benzene rings is 1. The smallest absolute Gasteiger partial charge is 0.166 e. The Labute approximate surface area is 85.3 Å². The molecule has 1 aromatic carbocycles. The van der Waals surface area contributed by atoms with Crippen LogP contribution in [0.5, 0.6) is 0 Å². The summed E-state index contributed by atoms with van der Waals surface area (Å²) < 4.78 is 71.5. The van der Waals surface area contributed by atoms with Crippen molar-refractivity contribution in [3.05, 3.63) is 29.8 Å². The Balaban J connectivity index is 2.82. The average molecular weight is 246 g/mol. The van der Waals surface area contributed by atoms with E-state index in [0.717, 1.165) is 12.1 Å². The molecule has 1 rings (SSSR count). The Morgan fingerprint density at radius 3 is 1.60 bits per heavy atom. The van der Waals surface area contributed by atoms with Crippen LogP contribution in [0.4, 0.5) is 26.3 Å². The lowest BCUT2D eigenvalue weighted by molar-refractivity contribution is -0.137. The molecule has 0 fully saturated rings. The van der Waals surface area contributed by atoms with E-state index in [0.29, 0.717) is 12.1 Å². The maximum Gasteiger partial charge on any atom is 0.446 e. The first-order valence-corrected chi connectivity index (χ1v) is 4.43. The number of hydrogen-bond donors (Lipinski definition) is 0. The van der Waals surface area contributed by atoms with Gasteiger partial charge >= 0.3 is 11.7 Å². The predicted octanol–water partition coefficient (Wildman–Crippen LogP) is 4.32. The molecule has 0 bridgehead atoms. The molecule has 0 N–H and O–H groups in total. The summed E-state index contributed by atoms with van der Waals surface area (Å²) in [4.78, 5) is -0.268. The van der Waals surface area contributed by atoms with Gasteiger partial charge in [-0.2, -0.15) is 26.3 Å². The minimum absolute atomic E-state index is 0.268. The largest absolute Gasteiger partial charge is 0.446 e. The third-order valence-corrected chi connectivity index (χ3v) is 2.15. The van der Waals surface area contributed by atoms with E-state index in [1.54, 1.807) is 0 Å². The van der Waals surface area contributed by atoms with Gasteiger partial charge in [0.15, 0.2) is 0 Å². The quantitative estimate of drug-likeness (QED) is 0.525. The standard InChI is InChI=1S/C8H4F6S/c9-7(10,11)5-1-3-6(4-2-5)15-8(12,13)14/h1-4H. The van der Waals surface area contributed by atoms with Crippen LogP contribution < -0.4 is 0 Å². The zero-order valence-electron chi connectivity index (χ0n) is 6.99. The van der Waals surface area contributed by atoms with Crippen molar-refractivity contribution < 1.29 is 26.3 Å². The second kappa shape index (κ2) is 3.96. The number of rotatable bonds is 1. The van der Waals surface area contributed by atoms with Gasteiger partial charge in [-0.1, -0.05) is 0 Å². The molecule has 0 nitrogen and oxygen atoms in total. The Morgan fingerprint density at radius 1 is 0.800 bits per heavy atom. The van der Waals surface area contributed by atoms with Crippen molar-refractivity contribution in [3.63, 3.8) is 0 Å². The fraction of sp³-hybridized carbons (Fsp3) is 0.250. The SMILES string of the molecule is FC(F)(F)Sc1ccc(C(F)(F)F)cc1. The van der Waals surface area contributed by atoms with E-state index in [2.05, 4.69) is 0 Å². The fourth-order valence-corrected chi connectivity index (χ4v) is 1.39. The minimum atomic E-state index is -4.53. The molecule has 0 unspecified atom stereocenters. The van der Waals surface area contributed by atoms with Gasteiger partial charge in [0.1, 0.15) is 0 Å². The molecule has 0 spiro atoms. The zero-order chi connectivity index (χ0) is 11.7. The highest BCUT2D eigenvalue weighted by molar-refractivity contribution is 8.00. The lowest BCUT2D eigenvalue weighted by atomic mass is 10.2. The van der Waals surface area contributed by atoms with Gasteiger partial charge in [-0.3, -0.25) is 0 Å². The zero-order valence-corrected chi connectivity index (χ0v) is 7.80. The molecule has 0 aliphatic heterocycles. The van der Waals surface area contributed by atoms with Crippen LogP contribution in [0.3, 0.4) is 0 Å². The molecular weight excluding hydrogens is 242 g/mol. The van der Waals surface area contributed by atoms with E-state index < -0.39 is 29.0 Å². The van der Waals surface area contributed by atoms with E-state index in [1.165, 1.54) is 0 Å². The monoisotopic (exact) mass is 246 g/mol. The summed E-state index contributed by atoms with van der Waals surface area (Å²) in [5.74, 6) is 0. The van der Waals surface area contributed by atoms with Gasteiger partial charge in [-0.15, -0.1) is 0 Å². The van der Waals surface area contributed by atoms with Crippen molar-refractivity contribution in [2.75, 3.05) is 0 Å².